The van der Waals surface area contributed by atoms with E-state index in [1.165, 1.54) is 0 Å². The van der Waals surface area contributed by atoms with Gasteiger partial charge in [0.2, 0.25) is 0 Å². The minimum absolute atomic E-state index is 0.00652. The van der Waals surface area contributed by atoms with Crippen LogP contribution in [0.2, 0.25) is 0 Å². The molecule has 4 heterocycles. The first kappa shape index (κ1) is 40.9. The molecule has 8 atom stereocenters. The smallest absolute Gasteiger partial charge is 0.311 e. The van der Waals surface area contributed by atoms with Crippen LogP contribution in [0.5, 0.6) is 5.75 Å². The zero-order valence-corrected chi connectivity index (χ0v) is 33.3. The van der Waals surface area contributed by atoms with Crippen LogP contribution in [0.3, 0.4) is 0 Å². The lowest BCUT2D eigenvalue weighted by atomic mass is 9.84. The van der Waals surface area contributed by atoms with Gasteiger partial charge in [-0.15, -0.1) is 0 Å². The van der Waals surface area contributed by atoms with Crippen molar-refractivity contribution in [1.29, 1.82) is 0 Å². The monoisotopic (exact) mass is 746 g/mol. The minimum atomic E-state index is -3.62. The number of benzene rings is 1. The zero-order chi connectivity index (χ0) is 37.8. The molecule has 292 valence electrons. The van der Waals surface area contributed by atoms with E-state index in [9.17, 15) is 13.2 Å². The number of esters is 1. The summed E-state index contributed by atoms with van der Waals surface area (Å²) in [6.45, 7) is 21.6. The average molecular weight is 747 g/mol. The molecule has 11 heteroatoms. The first-order valence-corrected chi connectivity index (χ1v) is 20.8. The predicted molar refractivity (Wildman–Crippen MR) is 199 cm³/mol. The molecule has 1 aromatic carbocycles. The Hall–Kier alpha value is -2.28. The average Bonchev–Trinajstić information content (AvgIpc) is 3.76. The van der Waals surface area contributed by atoms with Crippen LogP contribution in [0.25, 0.3) is 0 Å². The standard InChI is InChI=1S/C41H62O10S/c1-26-19-32(13-15-35-27(2)20-31(49-35)11-10-17-47-39(42)40(4,5)6)50-36(28(26)3)23-38-30(16-18-46-38)25-52(43,44)34-14-12-29(37(22-34)45-9)21-33-24-48-41(7,8)51-33/h12,14,22,26,30-33,35-36,38H,2-3,10-11,13,15-21,23-25H2,1,4-9H3/t26-,30-,31+,32+,33+,35+,36-,38+/m1/s1. The molecule has 0 radical (unpaired) electrons. The van der Waals surface area contributed by atoms with Crippen molar-refractivity contribution in [3.8, 4) is 5.75 Å². The van der Waals surface area contributed by atoms with Gasteiger partial charge in [-0.1, -0.05) is 26.1 Å². The number of hydrogen-bond donors (Lipinski definition) is 0. The molecular weight excluding hydrogens is 685 g/mol. The summed E-state index contributed by atoms with van der Waals surface area (Å²) in [5.41, 5.74) is 2.54. The summed E-state index contributed by atoms with van der Waals surface area (Å²) in [5, 5.41) is 0. The molecule has 52 heavy (non-hydrogen) atoms. The van der Waals surface area contributed by atoms with E-state index in [2.05, 4.69) is 20.1 Å². The van der Waals surface area contributed by atoms with Crippen LogP contribution in [-0.2, 0) is 49.5 Å². The lowest BCUT2D eigenvalue weighted by Crippen LogP contribution is -2.38. The Morgan fingerprint density at radius 1 is 1.04 bits per heavy atom. The van der Waals surface area contributed by atoms with E-state index >= 15 is 0 Å². The van der Waals surface area contributed by atoms with Gasteiger partial charge < -0.3 is 33.2 Å². The first-order chi connectivity index (χ1) is 24.4. The van der Waals surface area contributed by atoms with E-state index in [1.807, 2.05) is 40.7 Å². The Labute approximate surface area is 311 Å². The van der Waals surface area contributed by atoms with Gasteiger partial charge in [0.25, 0.3) is 0 Å². The highest BCUT2D eigenvalue weighted by atomic mass is 32.2. The Balaban J connectivity index is 1.11. The molecule has 0 unspecified atom stereocenters. The molecule has 0 saturated carbocycles. The van der Waals surface area contributed by atoms with E-state index in [0.717, 1.165) is 55.2 Å². The number of carbonyl (C=O) groups excluding carboxylic acids is 1. The molecule has 4 aliphatic heterocycles. The maximum atomic E-state index is 13.8. The molecule has 4 saturated heterocycles. The van der Waals surface area contributed by atoms with Gasteiger partial charge in [-0.2, -0.15) is 0 Å². The third-order valence-electron chi connectivity index (χ3n) is 10.9. The molecule has 0 amide bonds. The molecule has 0 N–H and O–H groups in total. The number of rotatable bonds is 15. The van der Waals surface area contributed by atoms with Gasteiger partial charge in [0.1, 0.15) is 5.75 Å². The van der Waals surface area contributed by atoms with Crippen molar-refractivity contribution in [2.45, 2.75) is 147 Å². The molecule has 5 rings (SSSR count). The lowest BCUT2D eigenvalue weighted by Gasteiger charge is -2.38. The van der Waals surface area contributed by atoms with E-state index in [0.29, 0.717) is 44.8 Å². The van der Waals surface area contributed by atoms with Crippen LogP contribution in [0, 0.1) is 17.3 Å². The zero-order valence-electron chi connectivity index (χ0n) is 32.4. The summed E-state index contributed by atoms with van der Waals surface area (Å²) in [6, 6.07) is 5.13. The predicted octanol–water partition coefficient (Wildman–Crippen LogP) is 7.17. The third-order valence-corrected chi connectivity index (χ3v) is 12.8. The molecule has 0 aromatic heterocycles. The van der Waals surface area contributed by atoms with E-state index in [-0.39, 0.29) is 65.1 Å². The van der Waals surface area contributed by atoms with Gasteiger partial charge in [0.15, 0.2) is 15.6 Å². The second-order valence-electron chi connectivity index (χ2n) is 16.8. The van der Waals surface area contributed by atoms with E-state index < -0.39 is 21.0 Å². The number of sulfone groups is 1. The summed E-state index contributed by atoms with van der Waals surface area (Å²) >= 11 is 0. The number of hydrogen-bond acceptors (Lipinski definition) is 10. The highest BCUT2D eigenvalue weighted by molar-refractivity contribution is 7.91. The summed E-state index contributed by atoms with van der Waals surface area (Å²) in [7, 11) is -2.06. The van der Waals surface area contributed by atoms with Crippen LogP contribution in [0.15, 0.2) is 47.4 Å². The summed E-state index contributed by atoms with van der Waals surface area (Å²) < 4.78 is 69.4. The highest BCUT2D eigenvalue weighted by Crippen LogP contribution is 2.39. The number of ether oxygens (including phenoxy) is 7. The fourth-order valence-electron chi connectivity index (χ4n) is 7.83. The van der Waals surface area contributed by atoms with Gasteiger partial charge in [-0.05, 0) is 114 Å². The molecule has 0 bridgehead atoms. The Morgan fingerprint density at radius 3 is 2.48 bits per heavy atom. The molecular formula is C41H62O10S. The second-order valence-corrected chi connectivity index (χ2v) is 18.8. The fourth-order valence-corrected chi connectivity index (χ4v) is 9.53. The molecule has 0 spiro atoms. The Morgan fingerprint density at radius 2 is 1.79 bits per heavy atom. The molecule has 4 aliphatic rings. The molecule has 1 aromatic rings. The first-order valence-electron chi connectivity index (χ1n) is 19.1. The quantitative estimate of drug-likeness (QED) is 0.104. The Bertz CT molecular complexity index is 1530. The van der Waals surface area contributed by atoms with Crippen molar-refractivity contribution < 1.29 is 46.4 Å². The van der Waals surface area contributed by atoms with Crippen LogP contribution < -0.4 is 4.74 Å². The molecule has 4 fully saturated rings. The Kier molecular flexibility index (Phi) is 13.4. The van der Waals surface area contributed by atoms with Gasteiger partial charge in [0, 0.05) is 25.4 Å². The normalized spacial score (nSPS) is 30.9. The SMILES string of the molecule is C=C1C[C@H](CCCOC(=O)C(C)(C)C)O[C@H]1CC[C@H]1C[C@@H](C)C(=C)[C@@H](C[C@@H]2OCC[C@@H]2CS(=O)(=O)c2ccc(C[C@H]3COC(C)(C)O3)c(OC)c2)O1. The van der Waals surface area contributed by atoms with Crippen molar-refractivity contribution in [3.05, 3.63) is 48.1 Å². The fraction of sp³-hybridized carbons (Fsp3) is 0.732. The van der Waals surface area contributed by atoms with Gasteiger partial charge >= 0.3 is 5.97 Å². The lowest BCUT2D eigenvalue weighted by molar-refractivity contribution is -0.153. The maximum Gasteiger partial charge on any atom is 0.311 e. The summed E-state index contributed by atoms with van der Waals surface area (Å²) in [4.78, 5) is 12.3. The maximum absolute atomic E-state index is 13.8. The number of carbonyl (C=O) groups is 1. The topological polar surface area (TPSA) is 116 Å². The minimum Gasteiger partial charge on any atom is -0.496 e. The van der Waals surface area contributed by atoms with Gasteiger partial charge in [-0.25, -0.2) is 8.42 Å². The third kappa shape index (κ3) is 10.7. The van der Waals surface area contributed by atoms with Crippen molar-refractivity contribution in [2.75, 3.05) is 32.7 Å². The molecule has 10 nitrogen and oxygen atoms in total. The van der Waals surface area contributed by atoms with Crippen LogP contribution in [0.1, 0.15) is 98.5 Å². The van der Waals surface area contributed by atoms with E-state index in [1.54, 1.807) is 19.2 Å². The second kappa shape index (κ2) is 17.0. The van der Waals surface area contributed by atoms with Crippen LogP contribution in [0.4, 0.5) is 0 Å². The van der Waals surface area contributed by atoms with Gasteiger partial charge in [-0.3, -0.25) is 4.79 Å². The summed E-state index contributed by atoms with van der Waals surface area (Å²) in [6.07, 6.45) is 6.33. The van der Waals surface area contributed by atoms with Crippen LogP contribution in [-0.4, -0.2) is 89.5 Å². The molecule has 0 aliphatic carbocycles. The van der Waals surface area contributed by atoms with Crippen LogP contribution >= 0.6 is 0 Å². The van der Waals surface area contributed by atoms with Crippen molar-refractivity contribution in [1.82, 2.24) is 0 Å². The van der Waals surface area contributed by atoms with E-state index in [4.69, 9.17) is 33.2 Å². The van der Waals surface area contributed by atoms with Crippen molar-refractivity contribution >= 4 is 15.8 Å². The highest BCUT2D eigenvalue weighted by Gasteiger charge is 2.40. The number of methoxy groups -OCH3 is 1. The van der Waals surface area contributed by atoms with Gasteiger partial charge in [0.05, 0.1) is 73.0 Å². The summed E-state index contributed by atoms with van der Waals surface area (Å²) in [5.74, 6) is -0.166. The van der Waals surface area contributed by atoms with Crippen molar-refractivity contribution in [3.63, 3.8) is 0 Å². The largest absolute Gasteiger partial charge is 0.496 e. The van der Waals surface area contributed by atoms with Crippen molar-refractivity contribution in [2.24, 2.45) is 17.3 Å².